The number of hydrogen-bond donors (Lipinski definition) is 1. The molecule has 3 rings (SSSR count). The van der Waals surface area contributed by atoms with Crippen LogP contribution >= 0.6 is 11.8 Å². The maximum absolute atomic E-state index is 14.1. The van der Waals surface area contributed by atoms with Crippen LogP contribution in [0.2, 0.25) is 0 Å². The zero-order chi connectivity index (χ0) is 16.4. The van der Waals surface area contributed by atoms with E-state index in [4.69, 9.17) is 5.11 Å². The average Bonchev–Trinajstić information content (AvgIpc) is 2.54. The Balaban J connectivity index is 2.32. The summed E-state index contributed by atoms with van der Waals surface area (Å²) in [6.45, 7) is -0.112. The smallest absolute Gasteiger partial charge is 0.266 e. The first kappa shape index (κ1) is 15.6. The van der Waals surface area contributed by atoms with Gasteiger partial charge in [0.1, 0.15) is 11.6 Å². The van der Waals surface area contributed by atoms with E-state index in [-0.39, 0.29) is 17.5 Å². The Labute approximate surface area is 134 Å². The van der Waals surface area contributed by atoms with Gasteiger partial charge in [0.25, 0.3) is 5.56 Å². The molecule has 0 amide bonds. The molecule has 0 atom stereocenters. The van der Waals surface area contributed by atoms with Crippen LogP contribution in [-0.4, -0.2) is 27.0 Å². The van der Waals surface area contributed by atoms with Gasteiger partial charge in [-0.15, -0.1) is 0 Å². The Morgan fingerprint density at radius 3 is 2.70 bits per heavy atom. The van der Waals surface area contributed by atoms with Crippen LogP contribution in [0.3, 0.4) is 0 Å². The number of nitrogens with zero attached hydrogens (tertiary/aromatic N) is 2. The minimum Gasteiger partial charge on any atom is -0.396 e. The number of aliphatic hydroxyl groups is 1. The number of thioether (sulfide) groups is 1. The van der Waals surface area contributed by atoms with Crippen molar-refractivity contribution in [1.82, 2.24) is 9.55 Å². The molecule has 0 saturated carbocycles. The second-order valence-corrected chi connectivity index (χ2v) is 5.78. The number of aromatic nitrogens is 2. The lowest BCUT2D eigenvalue weighted by Gasteiger charge is -2.13. The minimum absolute atomic E-state index is 0.0740. The van der Waals surface area contributed by atoms with Gasteiger partial charge in [0.2, 0.25) is 0 Å². The number of para-hydroxylation sites is 1. The summed E-state index contributed by atoms with van der Waals surface area (Å²) in [6.07, 6.45) is 0. The van der Waals surface area contributed by atoms with Crippen LogP contribution in [0.1, 0.15) is 0 Å². The van der Waals surface area contributed by atoms with Gasteiger partial charge < -0.3 is 5.11 Å². The number of benzene rings is 2. The fourth-order valence-electron chi connectivity index (χ4n) is 2.22. The molecule has 1 heterocycles. The summed E-state index contributed by atoms with van der Waals surface area (Å²) in [5, 5.41) is 9.58. The van der Waals surface area contributed by atoms with Crippen molar-refractivity contribution in [3.8, 4) is 5.69 Å². The van der Waals surface area contributed by atoms with Gasteiger partial charge in [-0.2, -0.15) is 0 Å². The Kier molecular flexibility index (Phi) is 4.40. The van der Waals surface area contributed by atoms with Crippen molar-refractivity contribution in [3.05, 3.63) is 64.5 Å². The standard InChI is InChI=1S/C16H12F2N2O2S/c17-10-5-6-14(12(18)9-10)20-15(22)11-3-1-2-4-13(11)19-16(20)23-8-7-21/h1-6,9,21H,7-8H2. The average molecular weight is 334 g/mol. The zero-order valence-electron chi connectivity index (χ0n) is 11.9. The zero-order valence-corrected chi connectivity index (χ0v) is 12.7. The third kappa shape index (κ3) is 2.97. The molecule has 1 N–H and O–H groups in total. The van der Waals surface area contributed by atoms with Gasteiger partial charge in [-0.1, -0.05) is 23.9 Å². The Morgan fingerprint density at radius 2 is 1.96 bits per heavy atom. The summed E-state index contributed by atoms with van der Waals surface area (Å²) in [6, 6.07) is 9.73. The van der Waals surface area contributed by atoms with E-state index >= 15 is 0 Å². The molecule has 23 heavy (non-hydrogen) atoms. The molecule has 0 aliphatic heterocycles. The summed E-state index contributed by atoms with van der Waals surface area (Å²) >= 11 is 1.13. The third-order valence-corrected chi connectivity index (χ3v) is 4.14. The van der Waals surface area contributed by atoms with E-state index in [1.165, 1.54) is 6.07 Å². The maximum atomic E-state index is 14.1. The largest absolute Gasteiger partial charge is 0.396 e. The summed E-state index contributed by atoms with van der Waals surface area (Å²) in [5.41, 5.74) is -0.0339. The van der Waals surface area contributed by atoms with Crippen LogP contribution in [0.4, 0.5) is 8.78 Å². The molecular formula is C16H12F2N2O2S. The first-order valence-corrected chi connectivity index (χ1v) is 7.81. The number of halogens is 2. The van der Waals surface area contributed by atoms with Gasteiger partial charge in [0, 0.05) is 11.8 Å². The second kappa shape index (κ2) is 6.47. The van der Waals surface area contributed by atoms with Crippen molar-refractivity contribution in [2.45, 2.75) is 5.16 Å². The van der Waals surface area contributed by atoms with E-state index in [0.717, 1.165) is 28.5 Å². The molecule has 7 heteroatoms. The van der Waals surface area contributed by atoms with Crippen molar-refractivity contribution in [2.75, 3.05) is 12.4 Å². The van der Waals surface area contributed by atoms with E-state index in [2.05, 4.69) is 4.98 Å². The first-order valence-electron chi connectivity index (χ1n) is 6.82. The Bertz CT molecular complexity index is 928. The number of rotatable bonds is 4. The highest BCUT2D eigenvalue weighted by Gasteiger charge is 2.16. The lowest BCUT2D eigenvalue weighted by molar-refractivity contribution is 0.322. The molecule has 4 nitrogen and oxygen atoms in total. The van der Waals surface area contributed by atoms with Crippen LogP contribution in [0.5, 0.6) is 0 Å². The molecule has 118 valence electrons. The molecule has 0 fully saturated rings. The van der Waals surface area contributed by atoms with E-state index in [1.807, 2.05) is 0 Å². The Morgan fingerprint density at radius 1 is 1.17 bits per heavy atom. The van der Waals surface area contributed by atoms with Crippen molar-refractivity contribution in [2.24, 2.45) is 0 Å². The molecule has 0 aliphatic carbocycles. The topological polar surface area (TPSA) is 55.1 Å². The predicted octanol–water partition coefficient (Wildman–Crippen LogP) is 2.75. The highest BCUT2D eigenvalue weighted by atomic mass is 32.2. The predicted molar refractivity (Wildman–Crippen MR) is 85.1 cm³/mol. The van der Waals surface area contributed by atoms with Gasteiger partial charge in [0.05, 0.1) is 23.2 Å². The SMILES string of the molecule is O=c1c2ccccc2nc(SCCO)n1-c1ccc(F)cc1F. The fourth-order valence-corrected chi connectivity index (χ4v) is 2.97. The van der Waals surface area contributed by atoms with Crippen LogP contribution < -0.4 is 5.56 Å². The van der Waals surface area contributed by atoms with E-state index < -0.39 is 17.2 Å². The van der Waals surface area contributed by atoms with Crippen LogP contribution in [0.15, 0.2) is 52.4 Å². The monoisotopic (exact) mass is 334 g/mol. The number of hydrogen-bond acceptors (Lipinski definition) is 4. The molecule has 0 radical (unpaired) electrons. The van der Waals surface area contributed by atoms with Crippen molar-refractivity contribution >= 4 is 22.7 Å². The summed E-state index contributed by atoms with van der Waals surface area (Å²) < 4.78 is 28.4. The lowest BCUT2D eigenvalue weighted by atomic mass is 10.2. The molecule has 0 saturated heterocycles. The highest BCUT2D eigenvalue weighted by Crippen LogP contribution is 2.23. The third-order valence-electron chi connectivity index (χ3n) is 3.22. The molecule has 2 aromatic carbocycles. The van der Waals surface area contributed by atoms with Crippen molar-refractivity contribution in [1.29, 1.82) is 0 Å². The Hall–Kier alpha value is -2.25. The molecule has 0 bridgehead atoms. The van der Waals surface area contributed by atoms with E-state index in [1.54, 1.807) is 24.3 Å². The second-order valence-electron chi connectivity index (χ2n) is 4.72. The number of fused-ring (bicyclic) bond motifs is 1. The van der Waals surface area contributed by atoms with Crippen molar-refractivity contribution in [3.63, 3.8) is 0 Å². The van der Waals surface area contributed by atoms with Crippen LogP contribution in [0, 0.1) is 11.6 Å². The quantitative estimate of drug-likeness (QED) is 0.589. The van der Waals surface area contributed by atoms with Gasteiger partial charge in [0.15, 0.2) is 5.16 Å². The lowest BCUT2D eigenvalue weighted by Crippen LogP contribution is -2.23. The molecular weight excluding hydrogens is 322 g/mol. The van der Waals surface area contributed by atoms with Crippen LogP contribution in [0.25, 0.3) is 16.6 Å². The van der Waals surface area contributed by atoms with Gasteiger partial charge in [-0.25, -0.2) is 13.8 Å². The van der Waals surface area contributed by atoms with Gasteiger partial charge in [-0.3, -0.25) is 9.36 Å². The highest BCUT2D eigenvalue weighted by molar-refractivity contribution is 7.99. The maximum Gasteiger partial charge on any atom is 0.266 e. The van der Waals surface area contributed by atoms with E-state index in [0.29, 0.717) is 16.7 Å². The molecule has 3 aromatic rings. The fraction of sp³-hybridized carbons (Fsp3) is 0.125. The van der Waals surface area contributed by atoms with Gasteiger partial charge >= 0.3 is 0 Å². The first-order chi connectivity index (χ1) is 11.1. The molecule has 1 aromatic heterocycles. The molecule has 0 unspecified atom stereocenters. The normalized spacial score (nSPS) is 11.1. The van der Waals surface area contributed by atoms with Gasteiger partial charge in [-0.05, 0) is 24.3 Å². The van der Waals surface area contributed by atoms with Crippen molar-refractivity contribution < 1.29 is 13.9 Å². The van der Waals surface area contributed by atoms with Crippen LogP contribution in [-0.2, 0) is 0 Å². The number of aliphatic hydroxyl groups excluding tert-OH is 1. The summed E-state index contributed by atoms with van der Waals surface area (Å²) in [4.78, 5) is 17.1. The van der Waals surface area contributed by atoms with E-state index in [9.17, 15) is 13.6 Å². The summed E-state index contributed by atoms with van der Waals surface area (Å²) in [7, 11) is 0. The molecule has 0 spiro atoms. The minimum atomic E-state index is -0.852. The summed E-state index contributed by atoms with van der Waals surface area (Å²) in [5.74, 6) is -1.28. The molecule has 0 aliphatic rings.